The molecule has 0 fully saturated rings. The zero-order valence-corrected chi connectivity index (χ0v) is 13.0. The first-order valence-electron chi connectivity index (χ1n) is 6.80. The molecule has 2 aromatic heterocycles. The van der Waals surface area contributed by atoms with Crippen LogP contribution in [0.15, 0.2) is 34.0 Å². The van der Waals surface area contributed by atoms with E-state index in [-0.39, 0.29) is 28.3 Å². The van der Waals surface area contributed by atoms with E-state index in [1.165, 1.54) is 12.3 Å². The third kappa shape index (κ3) is 4.98. The molecular weight excluding hydrogens is 331 g/mol. The first-order chi connectivity index (χ1) is 10.9. The molecule has 124 valence electrons. The van der Waals surface area contributed by atoms with E-state index in [4.69, 9.17) is 4.42 Å². The molecule has 0 aliphatic carbocycles. The maximum absolute atomic E-state index is 12.9. The van der Waals surface area contributed by atoms with Gasteiger partial charge in [-0.25, -0.2) is 9.97 Å². The number of carbonyl (C=O) groups is 1. The molecule has 2 rings (SSSR count). The van der Waals surface area contributed by atoms with Gasteiger partial charge >= 0.3 is 6.18 Å². The molecule has 1 amide bonds. The van der Waals surface area contributed by atoms with Crippen LogP contribution in [0.25, 0.3) is 11.5 Å². The van der Waals surface area contributed by atoms with E-state index in [1.807, 2.05) is 6.92 Å². The van der Waals surface area contributed by atoms with Gasteiger partial charge in [-0.15, -0.1) is 0 Å². The highest BCUT2D eigenvalue weighted by Crippen LogP contribution is 2.32. The van der Waals surface area contributed by atoms with E-state index < -0.39 is 11.9 Å². The van der Waals surface area contributed by atoms with Crippen molar-refractivity contribution in [3.8, 4) is 11.5 Å². The Morgan fingerprint density at radius 3 is 2.78 bits per heavy atom. The van der Waals surface area contributed by atoms with Crippen molar-refractivity contribution in [1.82, 2.24) is 15.3 Å². The highest BCUT2D eigenvalue weighted by molar-refractivity contribution is 7.99. The Kier molecular flexibility index (Phi) is 5.64. The summed E-state index contributed by atoms with van der Waals surface area (Å²) in [5.74, 6) is -0.133. The Morgan fingerprint density at radius 1 is 1.39 bits per heavy atom. The summed E-state index contributed by atoms with van der Waals surface area (Å²) in [4.78, 5) is 19.0. The Balaban J connectivity index is 2.21. The molecule has 9 heteroatoms. The lowest BCUT2D eigenvalue weighted by molar-refractivity contribution is -0.141. The van der Waals surface area contributed by atoms with Gasteiger partial charge in [-0.05, 0) is 24.6 Å². The normalized spacial score (nSPS) is 11.5. The second-order valence-corrected chi connectivity index (χ2v) is 5.48. The Morgan fingerprint density at radius 2 is 2.17 bits per heavy atom. The number of rotatable bonds is 6. The topological polar surface area (TPSA) is 68.0 Å². The van der Waals surface area contributed by atoms with Gasteiger partial charge in [0.05, 0.1) is 12.0 Å². The Bertz CT molecular complexity index is 660. The summed E-state index contributed by atoms with van der Waals surface area (Å²) in [5, 5.41) is 2.51. The van der Waals surface area contributed by atoms with Crippen molar-refractivity contribution >= 4 is 17.7 Å². The number of alkyl halides is 3. The smallest absolute Gasteiger partial charge is 0.433 e. The van der Waals surface area contributed by atoms with Gasteiger partial charge in [0.25, 0.3) is 0 Å². The quantitative estimate of drug-likeness (QED) is 0.642. The van der Waals surface area contributed by atoms with Crippen LogP contribution in [-0.4, -0.2) is 28.2 Å². The summed E-state index contributed by atoms with van der Waals surface area (Å²) in [6.45, 7) is 2.42. The van der Waals surface area contributed by atoms with Gasteiger partial charge in [0.15, 0.2) is 10.9 Å². The Labute approximate surface area is 134 Å². The van der Waals surface area contributed by atoms with Crippen LogP contribution in [0.1, 0.15) is 19.0 Å². The van der Waals surface area contributed by atoms with Crippen molar-refractivity contribution in [3.05, 3.63) is 30.2 Å². The second-order valence-electron chi connectivity index (χ2n) is 4.53. The van der Waals surface area contributed by atoms with Crippen molar-refractivity contribution in [2.75, 3.05) is 12.3 Å². The molecule has 0 aliphatic rings. The monoisotopic (exact) mass is 345 g/mol. The largest absolute Gasteiger partial charge is 0.463 e. The van der Waals surface area contributed by atoms with Crippen LogP contribution in [0.5, 0.6) is 0 Å². The highest BCUT2D eigenvalue weighted by Gasteiger charge is 2.34. The van der Waals surface area contributed by atoms with Crippen LogP contribution in [0.3, 0.4) is 0 Å². The molecular formula is C14H14F3N3O2S. The fourth-order valence-corrected chi connectivity index (χ4v) is 2.32. The third-order valence-corrected chi connectivity index (χ3v) is 3.52. The number of hydrogen-bond acceptors (Lipinski definition) is 5. The molecule has 0 spiro atoms. The average Bonchev–Trinajstić information content (AvgIpc) is 3.04. The number of thioether (sulfide) groups is 1. The van der Waals surface area contributed by atoms with Crippen LogP contribution in [0.4, 0.5) is 13.2 Å². The average molecular weight is 345 g/mol. The van der Waals surface area contributed by atoms with E-state index in [1.54, 1.807) is 6.07 Å². The van der Waals surface area contributed by atoms with Crippen LogP contribution >= 0.6 is 11.8 Å². The third-order valence-electron chi connectivity index (χ3n) is 2.67. The van der Waals surface area contributed by atoms with E-state index in [0.29, 0.717) is 6.54 Å². The maximum atomic E-state index is 12.9. The molecule has 2 heterocycles. The van der Waals surface area contributed by atoms with Crippen molar-refractivity contribution in [1.29, 1.82) is 0 Å². The second kappa shape index (κ2) is 7.49. The standard InChI is InChI=1S/C14H14F3N3O2S/c1-2-5-18-12(21)8-23-13-19-9(10-4-3-6-22-10)7-11(20-13)14(15,16)17/h3-4,6-7H,2,5,8H2,1H3,(H,18,21). The van der Waals surface area contributed by atoms with E-state index in [0.717, 1.165) is 24.2 Å². The van der Waals surface area contributed by atoms with E-state index >= 15 is 0 Å². The molecule has 0 aliphatic heterocycles. The molecule has 23 heavy (non-hydrogen) atoms. The fourth-order valence-electron chi connectivity index (χ4n) is 1.63. The summed E-state index contributed by atoms with van der Waals surface area (Å²) >= 11 is 0.845. The van der Waals surface area contributed by atoms with Crippen LogP contribution in [0.2, 0.25) is 0 Å². The number of nitrogens with one attached hydrogen (secondary N) is 1. The maximum Gasteiger partial charge on any atom is 0.433 e. The van der Waals surface area contributed by atoms with Gasteiger partial charge in [0.1, 0.15) is 11.4 Å². The first-order valence-corrected chi connectivity index (χ1v) is 7.78. The number of nitrogens with zero attached hydrogens (tertiary/aromatic N) is 2. The summed E-state index contributed by atoms with van der Waals surface area (Å²) in [7, 11) is 0. The number of aromatic nitrogens is 2. The predicted molar refractivity (Wildman–Crippen MR) is 78.8 cm³/mol. The molecule has 0 unspecified atom stereocenters. The van der Waals surface area contributed by atoms with Gasteiger partial charge in [-0.1, -0.05) is 18.7 Å². The summed E-state index contributed by atoms with van der Waals surface area (Å²) in [5.41, 5.74) is -1.05. The lowest BCUT2D eigenvalue weighted by Crippen LogP contribution is -2.25. The van der Waals surface area contributed by atoms with Gasteiger partial charge in [-0.2, -0.15) is 13.2 Å². The number of hydrogen-bond donors (Lipinski definition) is 1. The molecule has 1 N–H and O–H groups in total. The number of furan rings is 1. The molecule has 0 atom stereocenters. The zero-order valence-electron chi connectivity index (χ0n) is 12.2. The van der Waals surface area contributed by atoms with Crippen molar-refractivity contribution in [3.63, 3.8) is 0 Å². The van der Waals surface area contributed by atoms with Crippen molar-refractivity contribution in [2.45, 2.75) is 24.7 Å². The first kappa shape index (κ1) is 17.3. The zero-order chi connectivity index (χ0) is 16.9. The van der Waals surface area contributed by atoms with Crippen molar-refractivity contribution < 1.29 is 22.4 Å². The lowest BCUT2D eigenvalue weighted by atomic mass is 10.2. The van der Waals surface area contributed by atoms with Gasteiger partial charge in [-0.3, -0.25) is 4.79 Å². The van der Waals surface area contributed by atoms with Crippen molar-refractivity contribution in [2.24, 2.45) is 0 Å². The van der Waals surface area contributed by atoms with Gasteiger partial charge in [0, 0.05) is 6.54 Å². The minimum Gasteiger partial charge on any atom is -0.463 e. The van der Waals surface area contributed by atoms with Gasteiger partial charge < -0.3 is 9.73 Å². The molecule has 0 radical (unpaired) electrons. The number of amides is 1. The van der Waals surface area contributed by atoms with Crippen LogP contribution in [-0.2, 0) is 11.0 Å². The van der Waals surface area contributed by atoms with E-state index in [9.17, 15) is 18.0 Å². The lowest BCUT2D eigenvalue weighted by Gasteiger charge is -2.09. The summed E-state index contributed by atoms with van der Waals surface area (Å²) in [6.07, 6.45) is -2.49. The molecule has 2 aromatic rings. The summed E-state index contributed by atoms with van der Waals surface area (Å²) in [6, 6.07) is 3.88. The van der Waals surface area contributed by atoms with Crippen LogP contribution < -0.4 is 5.32 Å². The summed E-state index contributed by atoms with van der Waals surface area (Å²) < 4.78 is 43.9. The SMILES string of the molecule is CCCNC(=O)CSc1nc(-c2ccco2)cc(C(F)(F)F)n1. The predicted octanol–water partition coefficient (Wildman–Crippen LogP) is 3.37. The molecule has 5 nitrogen and oxygen atoms in total. The molecule has 0 bridgehead atoms. The number of halogens is 3. The molecule has 0 saturated heterocycles. The molecule has 0 saturated carbocycles. The highest BCUT2D eigenvalue weighted by atomic mass is 32.2. The Hall–Kier alpha value is -2.03. The fraction of sp³-hybridized carbons (Fsp3) is 0.357. The molecule has 0 aromatic carbocycles. The van der Waals surface area contributed by atoms with E-state index in [2.05, 4.69) is 15.3 Å². The van der Waals surface area contributed by atoms with Gasteiger partial charge in [0.2, 0.25) is 5.91 Å². The number of carbonyl (C=O) groups excluding carboxylic acids is 1. The minimum atomic E-state index is -4.61. The van der Waals surface area contributed by atoms with Crippen LogP contribution in [0, 0.1) is 0 Å². The minimum absolute atomic E-state index is 0.0220.